The maximum Gasteiger partial charge on any atom is 0.259 e. The van der Waals surface area contributed by atoms with Gasteiger partial charge in [0.15, 0.2) is 0 Å². The monoisotopic (exact) mass is 479 g/mol. The quantitative estimate of drug-likeness (QED) is 0.686. The number of carbonyl (C=O) groups excluding carboxylic acids is 2. The number of benzene rings is 1. The van der Waals surface area contributed by atoms with Gasteiger partial charge in [-0.1, -0.05) is 19.3 Å². The first kappa shape index (κ1) is 25.3. The summed E-state index contributed by atoms with van der Waals surface area (Å²) in [6, 6.07) is 9.28. The number of amides is 2. The molecule has 0 saturated carbocycles. The van der Waals surface area contributed by atoms with E-state index in [4.69, 9.17) is 4.74 Å². The summed E-state index contributed by atoms with van der Waals surface area (Å²) in [5, 5.41) is 6.56. The van der Waals surface area contributed by atoms with Crippen molar-refractivity contribution < 1.29 is 14.3 Å². The molecular formula is C27H37N5O3. The predicted octanol–water partition coefficient (Wildman–Crippen LogP) is 2.84. The second-order valence-corrected chi connectivity index (χ2v) is 9.20. The number of hydrogen-bond donors (Lipinski definition) is 2. The van der Waals surface area contributed by atoms with Gasteiger partial charge >= 0.3 is 0 Å². The zero-order valence-corrected chi connectivity index (χ0v) is 20.5. The average Bonchev–Trinajstić information content (AvgIpc) is 2.90. The maximum atomic E-state index is 13.5. The third-order valence-corrected chi connectivity index (χ3v) is 6.65. The molecule has 2 aliphatic rings. The van der Waals surface area contributed by atoms with Crippen LogP contribution in [0.25, 0.3) is 0 Å². The highest BCUT2D eigenvalue weighted by Gasteiger charge is 2.22. The molecule has 1 aromatic carbocycles. The summed E-state index contributed by atoms with van der Waals surface area (Å²) in [6.45, 7) is 6.90. The van der Waals surface area contributed by atoms with Gasteiger partial charge in [-0.05, 0) is 55.3 Å². The molecule has 0 radical (unpaired) electrons. The number of nitrogens with one attached hydrogen (secondary N) is 2. The Morgan fingerprint density at radius 3 is 2.66 bits per heavy atom. The minimum absolute atomic E-state index is 0.0564. The van der Waals surface area contributed by atoms with E-state index in [9.17, 15) is 9.59 Å². The molecular weight excluding hydrogens is 442 g/mol. The Kier molecular flexibility index (Phi) is 9.63. The van der Waals surface area contributed by atoms with Crippen molar-refractivity contribution in [1.29, 1.82) is 0 Å². The van der Waals surface area contributed by atoms with E-state index >= 15 is 0 Å². The Hall–Kier alpha value is -2.81. The number of anilines is 1. The van der Waals surface area contributed by atoms with Gasteiger partial charge in [-0.15, -0.1) is 0 Å². The van der Waals surface area contributed by atoms with Crippen molar-refractivity contribution in [3.05, 3.63) is 59.4 Å². The van der Waals surface area contributed by atoms with Crippen molar-refractivity contribution in [2.24, 2.45) is 0 Å². The van der Waals surface area contributed by atoms with E-state index < -0.39 is 0 Å². The zero-order chi connectivity index (χ0) is 24.3. The van der Waals surface area contributed by atoms with E-state index in [2.05, 4.69) is 20.5 Å². The normalized spacial score (nSPS) is 18.1. The minimum atomic E-state index is -0.0858. The van der Waals surface area contributed by atoms with E-state index in [1.807, 2.05) is 23.1 Å². The Morgan fingerprint density at radius 1 is 1.00 bits per heavy atom. The average molecular weight is 480 g/mol. The zero-order valence-electron chi connectivity index (χ0n) is 20.5. The van der Waals surface area contributed by atoms with Crippen molar-refractivity contribution in [3.63, 3.8) is 0 Å². The summed E-state index contributed by atoms with van der Waals surface area (Å²) in [5.74, 6) is -0.142. The summed E-state index contributed by atoms with van der Waals surface area (Å²) in [5.41, 5.74) is 3.01. The fourth-order valence-corrected chi connectivity index (χ4v) is 4.64. The van der Waals surface area contributed by atoms with Crippen LogP contribution in [0.2, 0.25) is 0 Å². The van der Waals surface area contributed by atoms with E-state index in [1.54, 1.807) is 24.5 Å². The van der Waals surface area contributed by atoms with Crippen LogP contribution >= 0.6 is 0 Å². The van der Waals surface area contributed by atoms with Crippen LogP contribution < -0.4 is 15.5 Å². The largest absolute Gasteiger partial charge is 0.379 e. The van der Waals surface area contributed by atoms with Crippen LogP contribution in [0.15, 0.2) is 42.7 Å². The Bertz CT molecular complexity index is 963. The smallest absolute Gasteiger partial charge is 0.259 e. The highest BCUT2D eigenvalue weighted by Crippen LogP contribution is 2.25. The van der Waals surface area contributed by atoms with Crippen LogP contribution in [0.4, 0.5) is 5.69 Å². The Morgan fingerprint density at radius 2 is 1.83 bits per heavy atom. The minimum Gasteiger partial charge on any atom is -0.379 e. The van der Waals surface area contributed by atoms with Crippen molar-refractivity contribution >= 4 is 17.5 Å². The van der Waals surface area contributed by atoms with Gasteiger partial charge in [0, 0.05) is 62.9 Å². The van der Waals surface area contributed by atoms with Gasteiger partial charge in [-0.3, -0.25) is 19.5 Å². The van der Waals surface area contributed by atoms with Gasteiger partial charge < -0.3 is 20.3 Å². The summed E-state index contributed by atoms with van der Waals surface area (Å²) >= 11 is 0. The lowest BCUT2D eigenvalue weighted by Crippen LogP contribution is -2.41. The number of aromatic nitrogens is 1. The standard InChI is InChI=1S/C27H37N5O3/c33-26(30-12-14-31-15-17-35-18-16-31)22-8-9-25-24(19-22)21-28-10-4-2-1-3-5-13-32(25)27(34)23-7-6-11-29-20-23/h6-9,11,19-20,28H,1-5,10,12-18,21H2,(H,30,33). The molecule has 8 heteroatoms. The molecule has 0 atom stereocenters. The molecule has 1 aromatic heterocycles. The number of pyridine rings is 1. The van der Waals surface area contributed by atoms with E-state index in [0.717, 1.165) is 69.9 Å². The third kappa shape index (κ3) is 7.34. The first-order chi connectivity index (χ1) is 17.2. The molecule has 2 N–H and O–H groups in total. The number of fused-ring (bicyclic) bond motifs is 1. The van der Waals surface area contributed by atoms with Crippen LogP contribution in [0.3, 0.4) is 0 Å². The maximum absolute atomic E-state index is 13.5. The van der Waals surface area contributed by atoms with Gasteiger partial charge in [0.2, 0.25) is 0 Å². The number of nitrogens with zero attached hydrogens (tertiary/aromatic N) is 3. The van der Waals surface area contributed by atoms with Gasteiger partial charge in [-0.2, -0.15) is 0 Å². The first-order valence-electron chi connectivity index (χ1n) is 12.9. The molecule has 2 aromatic rings. The summed E-state index contributed by atoms with van der Waals surface area (Å²) in [6.07, 6.45) is 8.82. The number of carbonyl (C=O) groups is 2. The summed E-state index contributed by atoms with van der Waals surface area (Å²) in [7, 11) is 0. The van der Waals surface area contributed by atoms with Gasteiger partial charge in [0.05, 0.1) is 18.8 Å². The topological polar surface area (TPSA) is 86.8 Å². The molecule has 188 valence electrons. The molecule has 0 aliphatic carbocycles. The summed E-state index contributed by atoms with van der Waals surface area (Å²) in [4.78, 5) is 34.7. The molecule has 3 heterocycles. The molecule has 2 aliphatic heterocycles. The number of rotatable bonds is 5. The van der Waals surface area contributed by atoms with Crippen LogP contribution in [0, 0.1) is 0 Å². The van der Waals surface area contributed by atoms with Crippen molar-refractivity contribution in [2.75, 3.05) is 57.4 Å². The number of ether oxygens (including phenoxy) is 1. The lowest BCUT2D eigenvalue weighted by molar-refractivity contribution is 0.0383. The van der Waals surface area contributed by atoms with Crippen LogP contribution in [-0.2, 0) is 11.3 Å². The molecule has 0 spiro atoms. The fraction of sp³-hybridized carbons (Fsp3) is 0.519. The molecule has 0 unspecified atom stereocenters. The van der Waals surface area contributed by atoms with Crippen molar-refractivity contribution in [3.8, 4) is 0 Å². The molecule has 0 bridgehead atoms. The Balaban J connectivity index is 1.52. The molecule has 1 fully saturated rings. The highest BCUT2D eigenvalue weighted by atomic mass is 16.5. The lowest BCUT2D eigenvalue weighted by atomic mass is 10.0. The molecule has 4 rings (SSSR count). The van der Waals surface area contributed by atoms with Gasteiger partial charge in [0.1, 0.15) is 0 Å². The van der Waals surface area contributed by atoms with Crippen LogP contribution in [0.5, 0.6) is 0 Å². The predicted molar refractivity (Wildman–Crippen MR) is 137 cm³/mol. The highest BCUT2D eigenvalue weighted by molar-refractivity contribution is 6.06. The van der Waals surface area contributed by atoms with Gasteiger partial charge in [-0.25, -0.2) is 0 Å². The van der Waals surface area contributed by atoms with Crippen molar-refractivity contribution in [2.45, 2.75) is 38.6 Å². The Labute approximate surface area is 208 Å². The second kappa shape index (κ2) is 13.3. The fourth-order valence-electron chi connectivity index (χ4n) is 4.64. The van der Waals surface area contributed by atoms with Crippen LogP contribution in [-0.4, -0.2) is 74.2 Å². The van der Waals surface area contributed by atoms with Gasteiger partial charge in [0.25, 0.3) is 11.8 Å². The molecule has 2 amide bonds. The van der Waals surface area contributed by atoms with E-state index in [-0.39, 0.29) is 11.8 Å². The summed E-state index contributed by atoms with van der Waals surface area (Å²) < 4.78 is 5.39. The molecule has 35 heavy (non-hydrogen) atoms. The van der Waals surface area contributed by atoms with E-state index in [1.165, 1.54) is 12.8 Å². The second-order valence-electron chi connectivity index (χ2n) is 9.20. The van der Waals surface area contributed by atoms with Crippen molar-refractivity contribution in [1.82, 2.24) is 20.5 Å². The lowest BCUT2D eigenvalue weighted by Gasteiger charge is -2.27. The SMILES string of the molecule is O=C(NCCN1CCOCC1)c1ccc2c(c1)CNCCCCCCCN2C(=O)c1cccnc1. The molecule has 8 nitrogen and oxygen atoms in total. The third-order valence-electron chi connectivity index (χ3n) is 6.65. The first-order valence-corrected chi connectivity index (χ1v) is 12.9. The molecule has 1 saturated heterocycles. The van der Waals surface area contributed by atoms with E-state index in [0.29, 0.717) is 30.8 Å². The van der Waals surface area contributed by atoms with Crippen LogP contribution in [0.1, 0.15) is 58.4 Å². The number of morpholine rings is 1. The number of hydrogen-bond acceptors (Lipinski definition) is 6.